The Balaban J connectivity index is 1.64. The molecule has 0 aliphatic heterocycles. The van der Waals surface area contributed by atoms with Gasteiger partial charge >= 0.3 is 0 Å². The topological polar surface area (TPSA) is 104 Å². The number of pyridine rings is 1. The molecule has 2 heterocycles. The van der Waals surface area contributed by atoms with Crippen LogP contribution in [0.1, 0.15) is 24.5 Å². The van der Waals surface area contributed by atoms with Crippen molar-refractivity contribution in [3.63, 3.8) is 0 Å². The minimum absolute atomic E-state index is 0.153. The summed E-state index contributed by atoms with van der Waals surface area (Å²) >= 11 is 0. The number of aromatic nitrogens is 3. The number of carbonyl (C=O) groups is 1. The lowest BCUT2D eigenvalue weighted by molar-refractivity contribution is -0.120. The minimum Gasteiger partial charge on any atom is -0.385 e. The van der Waals surface area contributed by atoms with Crippen LogP contribution in [0.2, 0.25) is 0 Å². The maximum atomic E-state index is 12.6. The zero-order valence-electron chi connectivity index (χ0n) is 15.1. The molecule has 1 atom stereocenters. The Morgan fingerprint density at radius 1 is 1.39 bits per heavy atom. The van der Waals surface area contributed by atoms with Crippen LogP contribution < -0.4 is 5.32 Å². The third kappa shape index (κ3) is 3.17. The number of aliphatic hydroxyl groups is 1. The first-order valence-corrected chi connectivity index (χ1v) is 8.72. The standard InChI is InChI=1S/C21H17N5O2/c1-21(28,15-4-3-9-23-13-15)11-19(27)25-20-24-17-8-7-14(12-22)10-18(17)26(20)16-5-2-6-16/h2-10,13,28H,11H2,1H3,(H,24,25,27)/t21-/m0/s1. The molecule has 4 rings (SSSR count). The summed E-state index contributed by atoms with van der Waals surface area (Å²) in [7, 11) is 0. The van der Waals surface area contributed by atoms with Crippen molar-refractivity contribution in [1.29, 1.82) is 5.26 Å². The summed E-state index contributed by atoms with van der Waals surface area (Å²) in [5.41, 5.74) is 1.95. The first kappa shape index (κ1) is 17.6. The lowest BCUT2D eigenvalue weighted by Crippen LogP contribution is -2.29. The first-order valence-electron chi connectivity index (χ1n) is 8.72. The van der Waals surface area contributed by atoms with Gasteiger partial charge < -0.3 is 5.11 Å². The van der Waals surface area contributed by atoms with Gasteiger partial charge in [0, 0.05) is 23.7 Å². The second kappa shape index (κ2) is 6.76. The van der Waals surface area contributed by atoms with E-state index in [0.29, 0.717) is 22.6 Å². The third-order valence-electron chi connectivity index (χ3n) is 4.62. The van der Waals surface area contributed by atoms with Gasteiger partial charge in [-0.05, 0) is 43.3 Å². The van der Waals surface area contributed by atoms with E-state index in [2.05, 4.69) is 21.4 Å². The molecule has 28 heavy (non-hydrogen) atoms. The van der Waals surface area contributed by atoms with Gasteiger partial charge in [-0.25, -0.2) is 4.98 Å². The summed E-state index contributed by atoms with van der Waals surface area (Å²) in [4.78, 5) is 21.1. The van der Waals surface area contributed by atoms with Crippen molar-refractivity contribution in [3.8, 4) is 6.07 Å². The van der Waals surface area contributed by atoms with Crippen molar-refractivity contribution in [2.24, 2.45) is 0 Å². The number of rotatable bonds is 5. The van der Waals surface area contributed by atoms with Gasteiger partial charge in [-0.15, -0.1) is 0 Å². The monoisotopic (exact) mass is 371 g/mol. The number of benzene rings is 1. The minimum atomic E-state index is -1.36. The summed E-state index contributed by atoms with van der Waals surface area (Å²) in [6, 6.07) is 10.7. The molecule has 1 aliphatic carbocycles. The molecular weight excluding hydrogens is 354 g/mol. The largest absolute Gasteiger partial charge is 0.385 e. The highest BCUT2D eigenvalue weighted by atomic mass is 16.3. The van der Waals surface area contributed by atoms with Gasteiger partial charge in [0.05, 0.1) is 34.7 Å². The van der Waals surface area contributed by atoms with Gasteiger partial charge in [-0.2, -0.15) is 5.26 Å². The van der Waals surface area contributed by atoms with Crippen molar-refractivity contribution in [3.05, 3.63) is 72.1 Å². The first-order chi connectivity index (χ1) is 13.5. The molecular formula is C21H17N5O2. The van der Waals surface area contributed by atoms with E-state index in [0.717, 1.165) is 11.2 Å². The second-order valence-corrected chi connectivity index (χ2v) is 6.78. The SMILES string of the molecule is C[C@](O)(CC(=O)Nc1nc2ccc(C#N)cc2n1C1=CC=C1)c1cccnc1. The number of anilines is 1. The zero-order chi connectivity index (χ0) is 19.7. The van der Waals surface area contributed by atoms with Gasteiger partial charge in [0.1, 0.15) is 0 Å². The Morgan fingerprint density at radius 3 is 2.86 bits per heavy atom. The number of hydrogen-bond donors (Lipinski definition) is 2. The van der Waals surface area contributed by atoms with Crippen LogP contribution in [0.3, 0.4) is 0 Å². The Kier molecular flexibility index (Phi) is 4.26. The predicted molar refractivity (Wildman–Crippen MR) is 105 cm³/mol. The summed E-state index contributed by atoms with van der Waals surface area (Å²) < 4.78 is 1.78. The van der Waals surface area contributed by atoms with Gasteiger partial charge in [0.25, 0.3) is 0 Å². The number of allylic oxidation sites excluding steroid dienone is 4. The molecule has 1 amide bonds. The van der Waals surface area contributed by atoms with E-state index in [1.165, 1.54) is 6.20 Å². The van der Waals surface area contributed by atoms with Crippen molar-refractivity contribution in [1.82, 2.24) is 14.5 Å². The lowest BCUT2D eigenvalue weighted by atomic mass is 9.94. The third-order valence-corrected chi connectivity index (χ3v) is 4.62. The Hall–Kier alpha value is -3.76. The number of nitriles is 1. The number of nitrogens with zero attached hydrogens (tertiary/aromatic N) is 4. The molecule has 1 aromatic carbocycles. The molecule has 0 bridgehead atoms. The van der Waals surface area contributed by atoms with Crippen LogP contribution >= 0.6 is 0 Å². The molecule has 7 heteroatoms. The highest BCUT2D eigenvalue weighted by molar-refractivity contribution is 5.95. The second-order valence-electron chi connectivity index (χ2n) is 6.78. The average Bonchev–Trinajstić information content (AvgIpc) is 2.97. The number of imidazole rings is 1. The number of fused-ring (bicyclic) bond motifs is 1. The molecule has 0 saturated heterocycles. The van der Waals surface area contributed by atoms with Gasteiger partial charge in [-0.1, -0.05) is 12.1 Å². The molecule has 2 N–H and O–H groups in total. The molecule has 3 aromatic rings. The van der Waals surface area contributed by atoms with E-state index in [1.54, 1.807) is 48.0 Å². The van der Waals surface area contributed by atoms with Crippen LogP contribution in [0.25, 0.3) is 16.7 Å². The summed E-state index contributed by atoms with van der Waals surface area (Å²) in [5, 5.41) is 22.7. The summed E-state index contributed by atoms with van der Waals surface area (Å²) in [6.45, 7) is 1.57. The lowest BCUT2D eigenvalue weighted by Gasteiger charge is -2.23. The van der Waals surface area contributed by atoms with Crippen LogP contribution in [-0.2, 0) is 10.4 Å². The molecule has 0 unspecified atom stereocenters. The molecule has 1 aliphatic rings. The van der Waals surface area contributed by atoms with E-state index in [1.807, 2.05) is 18.2 Å². The van der Waals surface area contributed by atoms with Crippen molar-refractivity contribution >= 4 is 28.6 Å². The highest BCUT2D eigenvalue weighted by Crippen LogP contribution is 2.29. The van der Waals surface area contributed by atoms with Crippen LogP contribution in [0, 0.1) is 11.3 Å². The fourth-order valence-electron chi connectivity index (χ4n) is 3.09. The zero-order valence-corrected chi connectivity index (χ0v) is 15.1. The van der Waals surface area contributed by atoms with E-state index >= 15 is 0 Å². The molecule has 0 spiro atoms. The number of hydrogen-bond acceptors (Lipinski definition) is 5. The van der Waals surface area contributed by atoms with E-state index < -0.39 is 5.60 Å². The molecule has 0 fully saturated rings. The van der Waals surface area contributed by atoms with E-state index in [-0.39, 0.29) is 12.3 Å². The van der Waals surface area contributed by atoms with Gasteiger partial charge in [-0.3, -0.25) is 19.7 Å². The molecule has 7 nitrogen and oxygen atoms in total. The quantitative estimate of drug-likeness (QED) is 0.718. The molecule has 2 aromatic heterocycles. The predicted octanol–water partition coefficient (Wildman–Crippen LogP) is 2.95. The van der Waals surface area contributed by atoms with Crippen LogP contribution in [0.5, 0.6) is 0 Å². The van der Waals surface area contributed by atoms with Crippen LogP contribution in [0.4, 0.5) is 5.95 Å². The fraction of sp³-hybridized carbons (Fsp3) is 0.143. The van der Waals surface area contributed by atoms with E-state index in [4.69, 9.17) is 0 Å². The maximum absolute atomic E-state index is 12.6. The van der Waals surface area contributed by atoms with Gasteiger partial charge in [0.2, 0.25) is 11.9 Å². The van der Waals surface area contributed by atoms with Crippen molar-refractivity contribution in [2.75, 3.05) is 5.32 Å². The van der Waals surface area contributed by atoms with Gasteiger partial charge in [0.15, 0.2) is 0 Å². The normalized spacial score (nSPS) is 14.7. The number of carbonyl (C=O) groups excluding carboxylic acids is 1. The maximum Gasteiger partial charge on any atom is 0.229 e. The highest BCUT2D eigenvalue weighted by Gasteiger charge is 2.28. The molecule has 0 radical (unpaired) electrons. The molecule has 138 valence electrons. The number of nitrogens with one attached hydrogen (secondary N) is 1. The van der Waals surface area contributed by atoms with Crippen molar-refractivity contribution in [2.45, 2.75) is 18.9 Å². The molecule has 0 saturated carbocycles. The fourth-order valence-corrected chi connectivity index (χ4v) is 3.09. The van der Waals surface area contributed by atoms with E-state index in [9.17, 15) is 15.2 Å². The Morgan fingerprint density at radius 2 is 2.21 bits per heavy atom. The van der Waals surface area contributed by atoms with Crippen molar-refractivity contribution < 1.29 is 9.90 Å². The Bertz CT molecular complexity index is 1170. The number of amides is 1. The van der Waals surface area contributed by atoms with Crippen LogP contribution in [0.15, 0.2) is 61.0 Å². The smallest absolute Gasteiger partial charge is 0.229 e. The average molecular weight is 371 g/mol. The summed E-state index contributed by atoms with van der Waals surface area (Å²) in [6.07, 6.45) is 8.66. The Labute approximate surface area is 161 Å². The summed E-state index contributed by atoms with van der Waals surface area (Å²) in [5.74, 6) is -0.0394. The van der Waals surface area contributed by atoms with Crippen LogP contribution in [-0.4, -0.2) is 25.5 Å².